The first-order valence-electron chi connectivity index (χ1n) is 4.65. The Bertz CT molecular complexity index is 456. The topological polar surface area (TPSA) is 44.5 Å². The molecular weight excluding hydrogens is 274 g/mol. The third-order valence-electron chi connectivity index (χ3n) is 2.00. The van der Waals surface area contributed by atoms with Crippen LogP contribution in [0.25, 0.3) is 0 Å². The molecule has 2 aromatic rings. The van der Waals surface area contributed by atoms with Crippen molar-refractivity contribution in [3.63, 3.8) is 0 Å². The lowest BCUT2D eigenvalue weighted by molar-refractivity contribution is 0.248. The van der Waals surface area contributed by atoms with Crippen LogP contribution in [-0.4, -0.2) is 12.3 Å². The van der Waals surface area contributed by atoms with Crippen molar-refractivity contribution in [2.24, 2.45) is 0 Å². The molecular formula is C11H10BrNO3. The van der Waals surface area contributed by atoms with Gasteiger partial charge in [0.1, 0.15) is 18.1 Å². The number of hydrogen-bond donors (Lipinski definition) is 0. The summed E-state index contributed by atoms with van der Waals surface area (Å²) in [5.41, 5.74) is 0. The van der Waals surface area contributed by atoms with Crippen molar-refractivity contribution in [3.05, 3.63) is 40.7 Å². The molecule has 4 nitrogen and oxygen atoms in total. The van der Waals surface area contributed by atoms with Gasteiger partial charge in [-0.2, -0.15) is 0 Å². The highest BCUT2D eigenvalue weighted by Gasteiger charge is 2.04. The van der Waals surface area contributed by atoms with Crippen LogP contribution in [-0.2, 0) is 6.61 Å². The van der Waals surface area contributed by atoms with Gasteiger partial charge < -0.3 is 14.0 Å². The number of halogens is 1. The van der Waals surface area contributed by atoms with Gasteiger partial charge in [0.25, 0.3) is 0 Å². The lowest BCUT2D eigenvalue weighted by atomic mass is 10.3. The first-order valence-corrected chi connectivity index (χ1v) is 5.45. The van der Waals surface area contributed by atoms with Gasteiger partial charge in [0.15, 0.2) is 5.76 Å². The van der Waals surface area contributed by atoms with E-state index < -0.39 is 0 Å². The van der Waals surface area contributed by atoms with Crippen LogP contribution in [0.5, 0.6) is 11.5 Å². The highest BCUT2D eigenvalue weighted by Crippen LogP contribution is 2.29. The number of rotatable bonds is 4. The molecule has 0 unspecified atom stereocenters. The minimum Gasteiger partial charge on any atom is -0.497 e. The fourth-order valence-electron chi connectivity index (χ4n) is 1.19. The van der Waals surface area contributed by atoms with Gasteiger partial charge >= 0.3 is 0 Å². The Morgan fingerprint density at radius 3 is 2.88 bits per heavy atom. The second-order valence-corrected chi connectivity index (χ2v) is 3.92. The largest absolute Gasteiger partial charge is 0.497 e. The number of benzene rings is 1. The molecule has 0 amide bonds. The van der Waals surface area contributed by atoms with Gasteiger partial charge in [-0.15, -0.1) is 0 Å². The van der Waals surface area contributed by atoms with Crippen LogP contribution in [0.15, 0.2) is 39.5 Å². The molecule has 84 valence electrons. The normalized spacial score (nSPS) is 10.1. The Balaban J connectivity index is 2.04. The maximum atomic E-state index is 5.54. The van der Waals surface area contributed by atoms with Crippen molar-refractivity contribution in [2.45, 2.75) is 6.61 Å². The zero-order valence-corrected chi connectivity index (χ0v) is 10.2. The van der Waals surface area contributed by atoms with Crippen LogP contribution in [0.4, 0.5) is 0 Å². The maximum Gasteiger partial charge on any atom is 0.174 e. The summed E-state index contributed by atoms with van der Waals surface area (Å²) in [6.45, 7) is 0.352. The molecule has 1 aromatic carbocycles. The Hall–Kier alpha value is -1.49. The molecule has 2 rings (SSSR count). The molecule has 0 saturated carbocycles. The van der Waals surface area contributed by atoms with Crippen LogP contribution in [0.1, 0.15) is 5.76 Å². The van der Waals surface area contributed by atoms with Crippen LogP contribution in [0.2, 0.25) is 0 Å². The second kappa shape index (κ2) is 5.03. The highest BCUT2D eigenvalue weighted by atomic mass is 79.9. The lowest BCUT2D eigenvalue weighted by Crippen LogP contribution is -1.94. The van der Waals surface area contributed by atoms with Crippen LogP contribution in [0.3, 0.4) is 0 Å². The highest BCUT2D eigenvalue weighted by molar-refractivity contribution is 9.10. The maximum absolute atomic E-state index is 5.54. The lowest BCUT2D eigenvalue weighted by Gasteiger charge is -2.07. The van der Waals surface area contributed by atoms with Crippen LogP contribution in [0, 0.1) is 0 Å². The van der Waals surface area contributed by atoms with Crippen LogP contribution >= 0.6 is 15.9 Å². The molecule has 0 aliphatic heterocycles. The van der Waals surface area contributed by atoms with Crippen molar-refractivity contribution in [1.82, 2.24) is 5.16 Å². The molecule has 5 heteroatoms. The van der Waals surface area contributed by atoms with Gasteiger partial charge in [-0.25, -0.2) is 0 Å². The first kappa shape index (κ1) is 11.0. The molecule has 0 atom stereocenters. The van der Waals surface area contributed by atoms with Crippen molar-refractivity contribution in [3.8, 4) is 11.5 Å². The van der Waals surface area contributed by atoms with Crippen molar-refractivity contribution >= 4 is 15.9 Å². The Morgan fingerprint density at radius 1 is 1.38 bits per heavy atom. The van der Waals surface area contributed by atoms with E-state index >= 15 is 0 Å². The average Bonchev–Trinajstić information content (AvgIpc) is 2.80. The monoisotopic (exact) mass is 283 g/mol. The summed E-state index contributed by atoms with van der Waals surface area (Å²) in [4.78, 5) is 0. The quantitative estimate of drug-likeness (QED) is 0.865. The Morgan fingerprint density at radius 2 is 2.25 bits per heavy atom. The second-order valence-electron chi connectivity index (χ2n) is 3.06. The smallest absolute Gasteiger partial charge is 0.174 e. The van der Waals surface area contributed by atoms with Gasteiger partial charge in [-0.05, 0) is 34.1 Å². The van der Waals surface area contributed by atoms with Gasteiger partial charge in [0.05, 0.1) is 17.8 Å². The SMILES string of the molecule is COc1ccc(OCc2ccno2)c(Br)c1. The molecule has 0 aliphatic carbocycles. The van der Waals surface area contributed by atoms with E-state index in [-0.39, 0.29) is 0 Å². The molecule has 0 fully saturated rings. The van der Waals surface area contributed by atoms with E-state index in [1.807, 2.05) is 18.2 Å². The molecule has 1 heterocycles. The molecule has 1 aromatic heterocycles. The van der Waals surface area contributed by atoms with Gasteiger partial charge in [0.2, 0.25) is 0 Å². The number of ether oxygens (including phenoxy) is 2. The third-order valence-corrected chi connectivity index (χ3v) is 2.62. The van der Waals surface area contributed by atoms with Crippen molar-refractivity contribution in [2.75, 3.05) is 7.11 Å². The molecule has 0 N–H and O–H groups in total. The molecule has 0 saturated heterocycles. The zero-order valence-electron chi connectivity index (χ0n) is 8.64. The minimum absolute atomic E-state index is 0.352. The minimum atomic E-state index is 0.352. The van der Waals surface area contributed by atoms with Crippen molar-refractivity contribution in [1.29, 1.82) is 0 Å². The Kier molecular flexibility index (Phi) is 3.46. The first-order chi connectivity index (χ1) is 7.79. The van der Waals surface area contributed by atoms with Gasteiger partial charge in [-0.1, -0.05) is 5.16 Å². The number of hydrogen-bond acceptors (Lipinski definition) is 4. The predicted octanol–water partition coefficient (Wildman–Crippen LogP) is 3.02. The third kappa shape index (κ3) is 2.55. The number of methoxy groups -OCH3 is 1. The van der Waals surface area contributed by atoms with E-state index in [2.05, 4.69) is 21.1 Å². The van der Waals surface area contributed by atoms with Crippen LogP contribution < -0.4 is 9.47 Å². The van der Waals surface area contributed by atoms with Gasteiger partial charge in [-0.3, -0.25) is 0 Å². The fourth-order valence-corrected chi connectivity index (χ4v) is 1.66. The van der Waals surface area contributed by atoms with E-state index in [4.69, 9.17) is 14.0 Å². The Labute approximate surface area is 101 Å². The molecule has 0 aliphatic rings. The summed E-state index contributed by atoms with van der Waals surface area (Å²) < 4.78 is 16.4. The summed E-state index contributed by atoms with van der Waals surface area (Å²) in [7, 11) is 1.62. The zero-order chi connectivity index (χ0) is 11.4. The van der Waals surface area contributed by atoms with Gasteiger partial charge in [0, 0.05) is 6.07 Å². The van der Waals surface area contributed by atoms with Crippen molar-refractivity contribution < 1.29 is 14.0 Å². The predicted molar refractivity (Wildman–Crippen MR) is 61.5 cm³/mol. The molecule has 0 spiro atoms. The summed E-state index contributed by atoms with van der Waals surface area (Å²) in [5, 5.41) is 3.60. The standard InChI is InChI=1S/C11H10BrNO3/c1-14-8-2-3-11(10(12)6-8)15-7-9-4-5-13-16-9/h2-6H,7H2,1H3. The van der Waals surface area contributed by atoms with E-state index in [0.717, 1.165) is 16.0 Å². The summed E-state index contributed by atoms with van der Waals surface area (Å²) in [5.74, 6) is 2.19. The molecule has 0 radical (unpaired) electrons. The van der Waals surface area contributed by atoms with E-state index in [0.29, 0.717) is 12.4 Å². The van der Waals surface area contributed by atoms with E-state index in [1.54, 1.807) is 19.4 Å². The number of aromatic nitrogens is 1. The summed E-state index contributed by atoms with van der Waals surface area (Å²) >= 11 is 3.40. The summed E-state index contributed by atoms with van der Waals surface area (Å²) in [6.07, 6.45) is 1.59. The number of nitrogens with zero attached hydrogens (tertiary/aromatic N) is 1. The fraction of sp³-hybridized carbons (Fsp3) is 0.182. The van der Waals surface area contributed by atoms with E-state index in [9.17, 15) is 0 Å². The molecule has 0 bridgehead atoms. The molecule has 16 heavy (non-hydrogen) atoms. The van der Waals surface area contributed by atoms with E-state index in [1.165, 1.54) is 0 Å². The summed E-state index contributed by atoms with van der Waals surface area (Å²) in [6, 6.07) is 7.27. The average molecular weight is 284 g/mol.